The largest absolute Gasteiger partial charge is 0.384 e. The minimum atomic E-state index is 0.483. The maximum Gasteiger partial charge on any atom is 0.174 e. The molecule has 0 radical (unpaired) electrons. The Morgan fingerprint density at radius 1 is 1.04 bits per heavy atom. The lowest BCUT2D eigenvalue weighted by atomic mass is 10.1. The summed E-state index contributed by atoms with van der Waals surface area (Å²) in [5, 5.41) is 3.42. The first-order valence-corrected chi connectivity index (χ1v) is 9.34. The number of unbranched alkanes of at least 4 members (excludes halogenated alkanes) is 1. The fourth-order valence-electron chi connectivity index (χ4n) is 3.24. The number of hydrogen-bond acceptors (Lipinski definition) is 4. The van der Waals surface area contributed by atoms with Crippen molar-refractivity contribution in [2.45, 2.75) is 26.3 Å². The van der Waals surface area contributed by atoms with Crippen LogP contribution in [0.4, 0.5) is 5.82 Å². The van der Waals surface area contributed by atoms with Crippen molar-refractivity contribution in [1.82, 2.24) is 14.5 Å². The number of fused-ring (bicyclic) bond motifs is 2. The van der Waals surface area contributed by atoms with Crippen LogP contribution in [-0.2, 0) is 6.54 Å². The molecule has 136 valence electrons. The zero-order valence-electron chi connectivity index (χ0n) is 15.5. The van der Waals surface area contributed by atoms with E-state index < -0.39 is 0 Å². The second-order valence-corrected chi connectivity index (χ2v) is 6.70. The number of aromatic nitrogens is 3. The molecule has 0 bridgehead atoms. The molecule has 0 unspecified atom stereocenters. The molecule has 27 heavy (non-hydrogen) atoms. The lowest BCUT2D eigenvalue weighted by Gasteiger charge is -2.06. The molecule has 0 aliphatic carbocycles. The molecule has 0 saturated heterocycles. The third kappa shape index (κ3) is 3.67. The Labute approximate surface area is 158 Å². The van der Waals surface area contributed by atoms with Gasteiger partial charge in [-0.1, -0.05) is 37.6 Å². The van der Waals surface area contributed by atoms with E-state index in [9.17, 15) is 0 Å². The lowest BCUT2D eigenvalue weighted by Crippen LogP contribution is -2.14. The normalized spacial score (nSPS) is 12.1. The molecule has 3 heterocycles. The van der Waals surface area contributed by atoms with Crippen LogP contribution < -0.4 is 11.2 Å². The van der Waals surface area contributed by atoms with Gasteiger partial charge in [-0.05, 0) is 36.1 Å². The van der Waals surface area contributed by atoms with Crippen LogP contribution in [0.2, 0.25) is 0 Å². The van der Waals surface area contributed by atoms with Crippen molar-refractivity contribution >= 4 is 27.5 Å². The molecular formula is C22H23N5. The Hall–Kier alpha value is -3.21. The summed E-state index contributed by atoms with van der Waals surface area (Å²) >= 11 is 0. The van der Waals surface area contributed by atoms with Gasteiger partial charge in [0.15, 0.2) is 5.49 Å². The van der Waals surface area contributed by atoms with E-state index in [1.165, 1.54) is 5.39 Å². The Bertz CT molecular complexity index is 1160. The first-order chi connectivity index (χ1) is 13.2. The molecule has 0 aliphatic heterocycles. The van der Waals surface area contributed by atoms with Gasteiger partial charge < -0.3 is 10.3 Å². The molecule has 3 aromatic heterocycles. The van der Waals surface area contributed by atoms with Gasteiger partial charge >= 0.3 is 0 Å². The van der Waals surface area contributed by atoms with E-state index in [1.807, 2.05) is 24.4 Å². The predicted octanol–water partition coefficient (Wildman–Crippen LogP) is 3.92. The van der Waals surface area contributed by atoms with Gasteiger partial charge in [-0.3, -0.25) is 9.98 Å². The highest BCUT2D eigenvalue weighted by Crippen LogP contribution is 2.17. The fraction of sp³-hybridized carbons (Fsp3) is 0.227. The van der Waals surface area contributed by atoms with E-state index in [4.69, 9.17) is 10.7 Å². The second-order valence-electron chi connectivity index (χ2n) is 6.70. The minimum Gasteiger partial charge on any atom is -0.384 e. The van der Waals surface area contributed by atoms with Crippen LogP contribution in [0.1, 0.15) is 25.5 Å². The first kappa shape index (κ1) is 17.2. The Balaban J connectivity index is 1.81. The second kappa shape index (κ2) is 7.58. The number of nitrogens with zero attached hydrogens (tertiary/aromatic N) is 4. The monoisotopic (exact) mass is 357 g/mol. The molecule has 2 N–H and O–H groups in total. The molecular weight excluding hydrogens is 334 g/mol. The van der Waals surface area contributed by atoms with E-state index in [0.29, 0.717) is 17.9 Å². The third-order valence-corrected chi connectivity index (χ3v) is 4.67. The quantitative estimate of drug-likeness (QED) is 0.551. The first-order valence-electron chi connectivity index (χ1n) is 9.34. The van der Waals surface area contributed by atoms with E-state index in [2.05, 4.69) is 58.0 Å². The summed E-state index contributed by atoms with van der Waals surface area (Å²) in [7, 11) is 0. The van der Waals surface area contributed by atoms with Crippen LogP contribution in [0.15, 0.2) is 65.9 Å². The average Bonchev–Trinajstić information content (AvgIpc) is 3.00. The zero-order valence-corrected chi connectivity index (χ0v) is 15.5. The van der Waals surface area contributed by atoms with Crippen LogP contribution >= 0.6 is 0 Å². The smallest absolute Gasteiger partial charge is 0.174 e. The zero-order chi connectivity index (χ0) is 18.6. The van der Waals surface area contributed by atoms with Crippen LogP contribution in [0, 0.1) is 0 Å². The SMILES string of the molecule is CCCCN=c1nc(N)ccc2ccn(Cc3cc4ccccc4cn3)c12. The van der Waals surface area contributed by atoms with Crippen molar-refractivity contribution in [2.75, 3.05) is 12.3 Å². The molecule has 5 heteroatoms. The number of nitrogens with two attached hydrogens (primary N) is 1. The van der Waals surface area contributed by atoms with Crippen molar-refractivity contribution in [2.24, 2.45) is 4.99 Å². The summed E-state index contributed by atoms with van der Waals surface area (Å²) in [6.07, 6.45) is 6.13. The van der Waals surface area contributed by atoms with E-state index >= 15 is 0 Å². The number of pyridine rings is 1. The predicted molar refractivity (Wildman–Crippen MR) is 110 cm³/mol. The van der Waals surface area contributed by atoms with Crippen molar-refractivity contribution in [3.63, 3.8) is 0 Å². The van der Waals surface area contributed by atoms with Crippen molar-refractivity contribution in [3.8, 4) is 0 Å². The maximum atomic E-state index is 5.99. The lowest BCUT2D eigenvalue weighted by molar-refractivity contribution is 0.777. The average molecular weight is 357 g/mol. The van der Waals surface area contributed by atoms with Crippen molar-refractivity contribution in [1.29, 1.82) is 0 Å². The van der Waals surface area contributed by atoms with Gasteiger partial charge in [0.05, 0.1) is 17.8 Å². The van der Waals surface area contributed by atoms with Gasteiger partial charge in [0, 0.05) is 29.7 Å². The van der Waals surface area contributed by atoms with E-state index in [0.717, 1.165) is 41.4 Å². The molecule has 0 fully saturated rings. The number of hydrogen-bond donors (Lipinski definition) is 1. The summed E-state index contributed by atoms with van der Waals surface area (Å²) in [6, 6.07) is 16.3. The van der Waals surface area contributed by atoms with Gasteiger partial charge in [0.25, 0.3) is 0 Å². The van der Waals surface area contributed by atoms with Crippen LogP contribution in [-0.4, -0.2) is 21.1 Å². The number of anilines is 1. The standard InChI is InChI=1S/C22H23N5/c1-2-3-11-24-22-21-16(8-9-20(23)26-22)10-12-27(21)15-19-13-17-6-4-5-7-18(17)14-25-19/h4-10,12-14H,2-3,11,15H2,1H3,(H2,23,24,26). The fourth-order valence-corrected chi connectivity index (χ4v) is 3.24. The van der Waals surface area contributed by atoms with Gasteiger partial charge in [-0.15, -0.1) is 0 Å². The van der Waals surface area contributed by atoms with Crippen molar-refractivity contribution < 1.29 is 0 Å². The molecule has 1 aromatic carbocycles. The number of rotatable bonds is 5. The highest BCUT2D eigenvalue weighted by molar-refractivity contribution is 5.82. The summed E-state index contributed by atoms with van der Waals surface area (Å²) in [4.78, 5) is 13.9. The summed E-state index contributed by atoms with van der Waals surface area (Å²) in [6.45, 7) is 3.57. The van der Waals surface area contributed by atoms with Crippen LogP contribution in [0.5, 0.6) is 0 Å². The maximum absolute atomic E-state index is 5.99. The Morgan fingerprint density at radius 2 is 1.89 bits per heavy atom. The van der Waals surface area contributed by atoms with Crippen molar-refractivity contribution in [3.05, 3.63) is 72.1 Å². The van der Waals surface area contributed by atoms with Crippen LogP contribution in [0.3, 0.4) is 0 Å². The van der Waals surface area contributed by atoms with E-state index in [-0.39, 0.29) is 0 Å². The molecule has 0 aliphatic rings. The summed E-state index contributed by atoms with van der Waals surface area (Å²) in [5.41, 5.74) is 8.70. The molecule has 4 rings (SSSR count). The van der Waals surface area contributed by atoms with Gasteiger partial charge in [0.2, 0.25) is 0 Å². The molecule has 0 spiro atoms. The Kier molecular flexibility index (Phi) is 4.83. The number of nitrogen functional groups attached to an aromatic ring is 1. The molecule has 4 aromatic rings. The molecule has 0 saturated carbocycles. The van der Waals surface area contributed by atoms with Gasteiger partial charge in [-0.25, -0.2) is 4.98 Å². The number of benzene rings is 1. The van der Waals surface area contributed by atoms with Gasteiger partial charge in [-0.2, -0.15) is 0 Å². The molecule has 5 nitrogen and oxygen atoms in total. The third-order valence-electron chi connectivity index (χ3n) is 4.67. The van der Waals surface area contributed by atoms with Crippen LogP contribution in [0.25, 0.3) is 21.7 Å². The minimum absolute atomic E-state index is 0.483. The Morgan fingerprint density at radius 3 is 2.74 bits per heavy atom. The molecule has 0 amide bonds. The topological polar surface area (TPSA) is 69.1 Å². The highest BCUT2D eigenvalue weighted by atomic mass is 15.0. The molecule has 0 atom stereocenters. The van der Waals surface area contributed by atoms with Gasteiger partial charge in [0.1, 0.15) is 5.82 Å². The summed E-state index contributed by atoms with van der Waals surface area (Å²) < 4.78 is 2.16. The highest BCUT2D eigenvalue weighted by Gasteiger charge is 2.07. The summed E-state index contributed by atoms with van der Waals surface area (Å²) in [5.74, 6) is 0.483. The van der Waals surface area contributed by atoms with E-state index in [1.54, 1.807) is 0 Å².